The van der Waals surface area contributed by atoms with Gasteiger partial charge < -0.3 is 10.5 Å². The molecule has 1 aromatic rings. The number of nitrogens with two attached hydrogens (primary N) is 1. The summed E-state index contributed by atoms with van der Waals surface area (Å²) in [5.41, 5.74) is 5.31. The molecule has 16 heavy (non-hydrogen) atoms. The molecule has 2 N–H and O–H groups in total. The molecule has 6 heteroatoms. The maximum atomic E-state index is 11.7. The third-order valence-electron chi connectivity index (χ3n) is 2.72. The second kappa shape index (κ2) is 4.73. The zero-order chi connectivity index (χ0) is 11.6. The van der Waals surface area contributed by atoms with Gasteiger partial charge in [-0.25, -0.2) is 4.98 Å². The third-order valence-corrected chi connectivity index (χ3v) is 4.90. The Hall–Kier alpha value is -0.590. The Labute approximate surface area is 103 Å². The van der Waals surface area contributed by atoms with Crippen molar-refractivity contribution in [1.29, 1.82) is 0 Å². The van der Waals surface area contributed by atoms with E-state index in [-0.39, 0.29) is 11.9 Å². The maximum absolute atomic E-state index is 11.7. The fourth-order valence-electron chi connectivity index (χ4n) is 1.59. The number of carbonyl (C=O) groups is 1. The molecule has 0 saturated heterocycles. The molecule has 1 aliphatic rings. The van der Waals surface area contributed by atoms with Gasteiger partial charge in [-0.2, -0.15) is 0 Å². The van der Waals surface area contributed by atoms with E-state index >= 15 is 0 Å². The van der Waals surface area contributed by atoms with Crippen LogP contribution in [0.5, 0.6) is 0 Å². The zero-order valence-corrected chi connectivity index (χ0v) is 10.6. The highest BCUT2D eigenvalue weighted by Crippen LogP contribution is 2.41. The van der Waals surface area contributed by atoms with Crippen molar-refractivity contribution in [3.63, 3.8) is 0 Å². The lowest BCUT2D eigenvalue weighted by Gasteiger charge is -2.25. The van der Waals surface area contributed by atoms with Crippen molar-refractivity contribution in [1.82, 2.24) is 4.98 Å². The predicted molar refractivity (Wildman–Crippen MR) is 64.5 cm³/mol. The van der Waals surface area contributed by atoms with Gasteiger partial charge in [0.05, 0.1) is 7.11 Å². The minimum atomic E-state index is -0.842. The van der Waals surface area contributed by atoms with E-state index in [0.29, 0.717) is 5.75 Å². The summed E-state index contributed by atoms with van der Waals surface area (Å²) in [6.07, 6.45) is 3.79. The number of ether oxygens (including phenoxy) is 1. The minimum absolute atomic E-state index is 0.271. The van der Waals surface area contributed by atoms with Gasteiger partial charge in [0.25, 0.3) is 0 Å². The van der Waals surface area contributed by atoms with Crippen LogP contribution in [0.25, 0.3) is 0 Å². The Bertz CT molecular complexity index is 365. The number of hydrogen-bond donors (Lipinski definition) is 1. The number of methoxy groups -OCH3 is 1. The average molecular weight is 258 g/mol. The number of carbonyl (C=O) groups excluding carboxylic acids is 1. The molecule has 4 nitrogen and oxygen atoms in total. The molecule has 1 saturated carbocycles. The molecule has 0 amide bonds. The Morgan fingerprint density at radius 1 is 1.81 bits per heavy atom. The largest absolute Gasteiger partial charge is 0.468 e. The van der Waals surface area contributed by atoms with Gasteiger partial charge in [-0.1, -0.05) is 11.8 Å². The van der Waals surface area contributed by atoms with E-state index in [4.69, 9.17) is 10.5 Å². The molecule has 1 heterocycles. The van der Waals surface area contributed by atoms with Crippen molar-refractivity contribution in [2.75, 3.05) is 12.9 Å². The summed E-state index contributed by atoms with van der Waals surface area (Å²) in [4.78, 5) is 15.9. The quantitative estimate of drug-likeness (QED) is 0.640. The molecule has 1 aromatic heterocycles. The van der Waals surface area contributed by atoms with Gasteiger partial charge in [-0.15, -0.1) is 11.3 Å². The lowest BCUT2D eigenvalue weighted by Crippen LogP contribution is -2.53. The third kappa shape index (κ3) is 2.39. The summed E-state index contributed by atoms with van der Waals surface area (Å²) in [6, 6.07) is 0. The van der Waals surface area contributed by atoms with Crippen LogP contribution < -0.4 is 5.73 Å². The smallest absolute Gasteiger partial charge is 0.327 e. The maximum Gasteiger partial charge on any atom is 0.327 e. The van der Waals surface area contributed by atoms with Crippen LogP contribution in [0.4, 0.5) is 0 Å². The monoisotopic (exact) mass is 258 g/mol. The first-order valence-electron chi connectivity index (χ1n) is 5.06. The van der Waals surface area contributed by atoms with Crippen molar-refractivity contribution in [3.05, 3.63) is 11.6 Å². The van der Waals surface area contributed by atoms with Gasteiger partial charge in [0.1, 0.15) is 9.88 Å². The first kappa shape index (κ1) is 11.9. The van der Waals surface area contributed by atoms with Crippen molar-refractivity contribution >= 4 is 29.1 Å². The van der Waals surface area contributed by atoms with E-state index in [0.717, 1.165) is 17.2 Å². The van der Waals surface area contributed by atoms with Crippen molar-refractivity contribution in [3.8, 4) is 0 Å². The van der Waals surface area contributed by atoms with E-state index in [9.17, 15) is 4.79 Å². The highest BCUT2D eigenvalue weighted by Gasteiger charge is 2.49. The Balaban J connectivity index is 2.00. The predicted octanol–water partition coefficient (Wildman–Crippen LogP) is 1.52. The average Bonchev–Trinajstić information content (AvgIpc) is 3.03. The van der Waals surface area contributed by atoms with Crippen molar-refractivity contribution in [2.45, 2.75) is 22.7 Å². The fraction of sp³-hybridized carbons (Fsp3) is 0.600. The van der Waals surface area contributed by atoms with Gasteiger partial charge in [-0.3, -0.25) is 4.79 Å². The molecule has 1 atom stereocenters. The molecule has 88 valence electrons. The van der Waals surface area contributed by atoms with Crippen LogP contribution in [0.3, 0.4) is 0 Å². The molecule has 0 aromatic carbocycles. The number of nitrogens with zero attached hydrogens (tertiary/aromatic N) is 1. The van der Waals surface area contributed by atoms with Gasteiger partial charge in [0, 0.05) is 17.3 Å². The molecule has 0 bridgehead atoms. The van der Waals surface area contributed by atoms with E-state index in [1.807, 2.05) is 5.38 Å². The molecule has 0 aliphatic heterocycles. The highest BCUT2D eigenvalue weighted by molar-refractivity contribution is 8.01. The molecule has 1 fully saturated rings. The standard InChI is InChI=1S/C10H14N2O2S2/c1-14-8(13)10(11,7-2-3-7)6-16-9-12-4-5-15-9/h4-5,7H,2-3,6,11H2,1H3. The molecule has 0 spiro atoms. The molecule has 0 radical (unpaired) electrons. The molecule has 1 unspecified atom stereocenters. The Morgan fingerprint density at radius 3 is 3.06 bits per heavy atom. The first-order valence-corrected chi connectivity index (χ1v) is 6.93. The number of thioether (sulfide) groups is 1. The van der Waals surface area contributed by atoms with E-state index in [2.05, 4.69) is 4.98 Å². The molecule has 2 rings (SSSR count). The highest BCUT2D eigenvalue weighted by atomic mass is 32.2. The normalized spacial score (nSPS) is 19.1. The van der Waals surface area contributed by atoms with Crippen LogP contribution in [0.15, 0.2) is 15.9 Å². The summed E-state index contributed by atoms with van der Waals surface area (Å²) in [7, 11) is 1.39. The first-order chi connectivity index (χ1) is 7.66. The number of rotatable bonds is 5. The Morgan fingerprint density at radius 2 is 2.56 bits per heavy atom. The van der Waals surface area contributed by atoms with Crippen LogP contribution in [0.2, 0.25) is 0 Å². The summed E-state index contributed by atoms with van der Waals surface area (Å²) in [6.45, 7) is 0. The van der Waals surface area contributed by atoms with E-state index in [1.165, 1.54) is 18.9 Å². The number of aromatic nitrogens is 1. The lowest BCUT2D eigenvalue weighted by molar-refractivity contribution is -0.146. The van der Waals surface area contributed by atoms with Crippen molar-refractivity contribution < 1.29 is 9.53 Å². The summed E-state index contributed by atoms with van der Waals surface area (Å²) in [5.74, 6) is 0.504. The molecule has 1 aliphatic carbocycles. The molecular weight excluding hydrogens is 244 g/mol. The summed E-state index contributed by atoms with van der Waals surface area (Å²) < 4.78 is 5.74. The minimum Gasteiger partial charge on any atom is -0.468 e. The second-order valence-electron chi connectivity index (χ2n) is 3.89. The fourth-order valence-corrected chi connectivity index (χ4v) is 3.42. The van der Waals surface area contributed by atoms with Crippen LogP contribution in [0.1, 0.15) is 12.8 Å². The van der Waals surface area contributed by atoms with Gasteiger partial charge in [0.2, 0.25) is 0 Å². The zero-order valence-electron chi connectivity index (χ0n) is 9.01. The van der Waals surface area contributed by atoms with Gasteiger partial charge in [0.15, 0.2) is 0 Å². The van der Waals surface area contributed by atoms with Gasteiger partial charge >= 0.3 is 5.97 Å². The van der Waals surface area contributed by atoms with Crippen LogP contribution in [0, 0.1) is 5.92 Å². The number of hydrogen-bond acceptors (Lipinski definition) is 6. The van der Waals surface area contributed by atoms with E-state index in [1.54, 1.807) is 17.5 Å². The lowest BCUT2D eigenvalue weighted by atomic mass is 9.97. The van der Waals surface area contributed by atoms with Gasteiger partial charge in [-0.05, 0) is 18.8 Å². The van der Waals surface area contributed by atoms with E-state index < -0.39 is 5.54 Å². The summed E-state index contributed by atoms with van der Waals surface area (Å²) in [5, 5.41) is 1.91. The van der Waals surface area contributed by atoms with Crippen LogP contribution >= 0.6 is 23.1 Å². The number of esters is 1. The van der Waals surface area contributed by atoms with Crippen LogP contribution in [-0.4, -0.2) is 29.4 Å². The number of thiazole rings is 1. The topological polar surface area (TPSA) is 65.2 Å². The Kier molecular flexibility index (Phi) is 3.51. The SMILES string of the molecule is COC(=O)C(N)(CSc1nccs1)C1CC1. The second-order valence-corrected chi connectivity index (χ2v) is 6.01. The molecular formula is C10H14N2O2S2. The van der Waals surface area contributed by atoms with Crippen molar-refractivity contribution in [2.24, 2.45) is 11.7 Å². The summed E-state index contributed by atoms with van der Waals surface area (Å²) >= 11 is 3.09. The van der Waals surface area contributed by atoms with Crippen LogP contribution in [-0.2, 0) is 9.53 Å².